The monoisotopic (exact) mass is 308 g/mol. The van der Waals surface area contributed by atoms with E-state index in [-0.39, 0.29) is 11.5 Å². The van der Waals surface area contributed by atoms with Crippen molar-refractivity contribution in [2.75, 3.05) is 0 Å². The minimum Gasteiger partial charge on any atom is -0.300 e. The van der Waals surface area contributed by atoms with Crippen LogP contribution in [0.1, 0.15) is 58.8 Å². The molecule has 0 radical (unpaired) electrons. The van der Waals surface area contributed by atoms with Crippen LogP contribution < -0.4 is 0 Å². The summed E-state index contributed by atoms with van der Waals surface area (Å²) in [5.74, 6) is 1.45. The highest BCUT2D eigenvalue weighted by Crippen LogP contribution is 2.53. The van der Waals surface area contributed by atoms with Gasteiger partial charge in [0.15, 0.2) is 0 Å². The molecule has 0 bridgehead atoms. The Kier molecular flexibility index (Phi) is 4.82. The van der Waals surface area contributed by atoms with Crippen molar-refractivity contribution in [3.05, 3.63) is 0 Å². The summed E-state index contributed by atoms with van der Waals surface area (Å²) in [5, 5.41) is 0. The summed E-state index contributed by atoms with van der Waals surface area (Å²) in [4.78, 5) is 24.7. The Balaban J connectivity index is 2.23. The van der Waals surface area contributed by atoms with Gasteiger partial charge in [-0.1, -0.05) is 39.4 Å². The average molecular weight is 309 g/mol. The van der Waals surface area contributed by atoms with Crippen molar-refractivity contribution in [2.45, 2.75) is 84.0 Å². The molecule has 21 heavy (non-hydrogen) atoms. The van der Waals surface area contributed by atoms with Gasteiger partial charge < -0.3 is 4.79 Å². The van der Waals surface area contributed by atoms with Crippen LogP contribution in [0, 0.1) is 17.3 Å². The van der Waals surface area contributed by atoms with E-state index in [0.29, 0.717) is 22.9 Å². The lowest BCUT2D eigenvalue weighted by atomic mass is 9.55. The van der Waals surface area contributed by atoms with E-state index in [2.05, 4.69) is 26.6 Å². The molecule has 2 nitrogen and oxygen atoms in total. The maximum Gasteiger partial charge on any atom is 0.136 e. The van der Waals surface area contributed by atoms with Crippen LogP contribution >= 0.6 is 0 Å². The van der Waals surface area contributed by atoms with E-state index in [9.17, 15) is 9.59 Å². The van der Waals surface area contributed by atoms with Crippen LogP contribution in [0.3, 0.4) is 0 Å². The SMILES string of the molecule is CC(=O)C(C[C@@H]1C(=O)CC[C@]2(C)CCCC[C@@H]12)[Si](C)(C)C. The topological polar surface area (TPSA) is 34.1 Å². The molecular formula is C18H32O2Si. The predicted molar refractivity (Wildman–Crippen MR) is 90.2 cm³/mol. The van der Waals surface area contributed by atoms with Crippen molar-refractivity contribution in [1.29, 1.82) is 0 Å². The molecule has 3 heteroatoms. The minimum atomic E-state index is -1.55. The van der Waals surface area contributed by atoms with Gasteiger partial charge in [0, 0.05) is 17.9 Å². The Hall–Kier alpha value is -0.443. The van der Waals surface area contributed by atoms with Crippen molar-refractivity contribution in [3.8, 4) is 0 Å². The van der Waals surface area contributed by atoms with Gasteiger partial charge in [-0.25, -0.2) is 0 Å². The first kappa shape index (κ1) is 16.9. The highest BCUT2D eigenvalue weighted by molar-refractivity contribution is 6.80. The van der Waals surface area contributed by atoms with Crippen LogP contribution in [0.2, 0.25) is 25.2 Å². The molecule has 2 aliphatic carbocycles. The highest BCUT2D eigenvalue weighted by atomic mass is 28.3. The Bertz CT molecular complexity index is 423. The second-order valence-corrected chi connectivity index (χ2v) is 14.3. The fraction of sp³-hybridized carbons (Fsp3) is 0.889. The Morgan fingerprint density at radius 3 is 2.52 bits per heavy atom. The van der Waals surface area contributed by atoms with Crippen LogP contribution in [0.5, 0.6) is 0 Å². The lowest BCUT2D eigenvalue weighted by molar-refractivity contribution is -0.134. The van der Waals surface area contributed by atoms with Gasteiger partial charge in [-0.05, 0) is 43.9 Å². The number of fused-ring (bicyclic) bond motifs is 1. The second-order valence-electron chi connectivity index (χ2n) is 8.84. The molecule has 0 saturated heterocycles. The standard InChI is InChI=1S/C18H32O2Si/c1-13(19)17(21(3,4)5)12-14-15-8-6-7-10-18(15,2)11-9-16(14)20/h14-15,17H,6-12H2,1-5H3/t14-,15-,17?,18-/m0/s1. The second kappa shape index (κ2) is 5.98. The molecule has 0 aromatic heterocycles. The van der Waals surface area contributed by atoms with E-state index in [1.807, 2.05) is 0 Å². The first-order valence-corrected chi connectivity index (χ1v) is 12.3. The van der Waals surface area contributed by atoms with Gasteiger partial charge in [0.1, 0.15) is 11.6 Å². The van der Waals surface area contributed by atoms with Gasteiger partial charge in [-0.3, -0.25) is 4.79 Å². The maximum absolute atomic E-state index is 12.6. The molecule has 120 valence electrons. The van der Waals surface area contributed by atoms with Crippen molar-refractivity contribution in [3.63, 3.8) is 0 Å². The summed E-state index contributed by atoms with van der Waals surface area (Å²) < 4.78 is 0. The number of carbonyl (C=O) groups excluding carboxylic acids is 2. The third kappa shape index (κ3) is 3.49. The lowest BCUT2D eigenvalue weighted by Gasteiger charge is -2.49. The summed E-state index contributed by atoms with van der Waals surface area (Å²) in [6, 6.07) is 0. The third-order valence-corrected chi connectivity index (χ3v) is 9.01. The molecule has 0 amide bonds. The molecule has 0 heterocycles. The molecule has 0 spiro atoms. The normalized spacial score (nSPS) is 35.2. The minimum absolute atomic E-state index is 0.149. The number of carbonyl (C=O) groups is 2. The molecule has 0 aromatic rings. The first-order chi connectivity index (χ1) is 9.65. The van der Waals surface area contributed by atoms with Gasteiger partial charge in [0.25, 0.3) is 0 Å². The molecule has 0 aromatic carbocycles. The van der Waals surface area contributed by atoms with E-state index < -0.39 is 8.07 Å². The average Bonchev–Trinajstić information content (AvgIpc) is 2.36. The number of rotatable bonds is 4. The molecule has 2 rings (SSSR count). The van der Waals surface area contributed by atoms with Gasteiger partial charge in [0.05, 0.1) is 8.07 Å². The third-order valence-electron chi connectivity index (χ3n) is 6.28. The van der Waals surface area contributed by atoms with Crippen molar-refractivity contribution < 1.29 is 9.59 Å². The van der Waals surface area contributed by atoms with E-state index in [4.69, 9.17) is 0 Å². The molecular weight excluding hydrogens is 276 g/mol. The summed E-state index contributed by atoms with van der Waals surface area (Å²) in [6.45, 7) is 10.9. The van der Waals surface area contributed by atoms with Gasteiger partial charge in [-0.15, -0.1) is 0 Å². The van der Waals surface area contributed by atoms with Crippen molar-refractivity contribution in [2.24, 2.45) is 17.3 Å². The zero-order valence-corrected chi connectivity index (χ0v) is 15.5. The number of hydrogen-bond donors (Lipinski definition) is 0. The van der Waals surface area contributed by atoms with Gasteiger partial charge in [0.2, 0.25) is 0 Å². The van der Waals surface area contributed by atoms with Crippen LogP contribution in [0.15, 0.2) is 0 Å². The number of ketones is 2. The van der Waals surface area contributed by atoms with E-state index in [0.717, 1.165) is 19.3 Å². The van der Waals surface area contributed by atoms with Crippen LogP contribution in [-0.2, 0) is 9.59 Å². The Morgan fingerprint density at radius 2 is 1.95 bits per heavy atom. The van der Waals surface area contributed by atoms with E-state index in [1.54, 1.807) is 6.92 Å². The predicted octanol–water partition coefficient (Wildman–Crippen LogP) is 4.85. The van der Waals surface area contributed by atoms with Gasteiger partial charge >= 0.3 is 0 Å². The molecule has 4 atom stereocenters. The number of Topliss-reactive ketones (excluding diaryl/α,β-unsaturated/α-hetero) is 2. The smallest absolute Gasteiger partial charge is 0.136 e. The van der Waals surface area contributed by atoms with Crippen LogP contribution in [0.4, 0.5) is 0 Å². The van der Waals surface area contributed by atoms with E-state index in [1.165, 1.54) is 25.7 Å². The summed E-state index contributed by atoms with van der Waals surface area (Å²) in [5.41, 5.74) is 0.508. The number of hydrogen-bond acceptors (Lipinski definition) is 2. The summed E-state index contributed by atoms with van der Waals surface area (Å²) in [7, 11) is -1.55. The summed E-state index contributed by atoms with van der Waals surface area (Å²) >= 11 is 0. The van der Waals surface area contributed by atoms with E-state index >= 15 is 0 Å². The van der Waals surface area contributed by atoms with Crippen LogP contribution in [-0.4, -0.2) is 19.6 Å². The fourth-order valence-electron chi connectivity index (χ4n) is 4.92. The zero-order chi connectivity index (χ0) is 15.8. The molecule has 0 N–H and O–H groups in total. The Labute approximate surface area is 131 Å². The van der Waals surface area contributed by atoms with Crippen molar-refractivity contribution >= 4 is 19.6 Å². The molecule has 2 saturated carbocycles. The van der Waals surface area contributed by atoms with Gasteiger partial charge in [-0.2, -0.15) is 0 Å². The molecule has 2 aliphatic rings. The fourth-order valence-corrected chi connectivity index (χ4v) is 7.10. The summed E-state index contributed by atoms with van der Waals surface area (Å²) in [6.07, 6.45) is 7.71. The maximum atomic E-state index is 12.6. The first-order valence-electron chi connectivity index (χ1n) is 8.68. The Morgan fingerprint density at radius 1 is 1.29 bits per heavy atom. The molecule has 2 fully saturated rings. The molecule has 0 aliphatic heterocycles. The molecule has 1 unspecified atom stereocenters. The quantitative estimate of drug-likeness (QED) is 0.696. The lowest BCUT2D eigenvalue weighted by Crippen LogP contribution is -2.46. The largest absolute Gasteiger partial charge is 0.300 e. The van der Waals surface area contributed by atoms with Crippen LogP contribution in [0.25, 0.3) is 0 Å². The highest BCUT2D eigenvalue weighted by Gasteiger charge is 2.48. The zero-order valence-electron chi connectivity index (χ0n) is 14.5. The van der Waals surface area contributed by atoms with Crippen molar-refractivity contribution in [1.82, 2.24) is 0 Å².